The summed E-state index contributed by atoms with van der Waals surface area (Å²) in [6, 6.07) is 31.7. The Morgan fingerprint density at radius 1 is 0.767 bits per heavy atom. The van der Waals surface area contributed by atoms with Crippen molar-refractivity contribution < 1.29 is 18.0 Å². The summed E-state index contributed by atoms with van der Waals surface area (Å²) in [5.74, 6) is -0.756. The summed E-state index contributed by atoms with van der Waals surface area (Å²) in [4.78, 5) is 29.7. The Morgan fingerprint density at radius 2 is 1.30 bits per heavy atom. The van der Waals surface area contributed by atoms with E-state index in [4.69, 9.17) is 0 Å². The van der Waals surface area contributed by atoms with Gasteiger partial charge in [-0.1, -0.05) is 91.9 Å². The number of hydrogen-bond donors (Lipinski definition) is 1. The highest BCUT2D eigenvalue weighted by molar-refractivity contribution is 7.92. The van der Waals surface area contributed by atoms with Gasteiger partial charge in [-0.2, -0.15) is 0 Å². The molecule has 0 saturated carbocycles. The Balaban J connectivity index is 1.80. The molecule has 1 atom stereocenters. The van der Waals surface area contributed by atoms with Gasteiger partial charge in [0.2, 0.25) is 11.8 Å². The van der Waals surface area contributed by atoms with E-state index in [0.717, 1.165) is 33.0 Å². The highest BCUT2D eigenvalue weighted by Crippen LogP contribution is 2.27. The predicted molar refractivity (Wildman–Crippen MR) is 171 cm³/mol. The average Bonchev–Trinajstić information content (AvgIpc) is 3.01. The maximum atomic E-state index is 14.4. The number of nitrogens with zero attached hydrogens (tertiary/aromatic N) is 2. The summed E-state index contributed by atoms with van der Waals surface area (Å²) in [5, 5.41) is 2.97. The molecule has 4 aromatic carbocycles. The first-order chi connectivity index (χ1) is 20.7. The van der Waals surface area contributed by atoms with Gasteiger partial charge in [0.1, 0.15) is 12.6 Å². The van der Waals surface area contributed by atoms with Crippen LogP contribution in [0.4, 0.5) is 5.69 Å². The summed E-state index contributed by atoms with van der Waals surface area (Å²) >= 11 is 0. The maximum absolute atomic E-state index is 14.4. The number of rotatable bonds is 13. The van der Waals surface area contributed by atoms with Crippen molar-refractivity contribution in [3.8, 4) is 0 Å². The van der Waals surface area contributed by atoms with Gasteiger partial charge in [-0.25, -0.2) is 8.42 Å². The fourth-order valence-corrected chi connectivity index (χ4v) is 6.46. The first-order valence-corrected chi connectivity index (χ1v) is 15.9. The topological polar surface area (TPSA) is 86.8 Å². The Bertz CT molecular complexity index is 1590. The number of hydrogen-bond acceptors (Lipinski definition) is 4. The smallest absolute Gasteiger partial charge is 0.264 e. The summed E-state index contributed by atoms with van der Waals surface area (Å²) in [6.07, 6.45) is 1.02. The van der Waals surface area contributed by atoms with Gasteiger partial charge in [0, 0.05) is 19.5 Å². The van der Waals surface area contributed by atoms with Gasteiger partial charge in [0.05, 0.1) is 10.6 Å². The van der Waals surface area contributed by atoms with Gasteiger partial charge in [0.25, 0.3) is 10.0 Å². The van der Waals surface area contributed by atoms with E-state index in [1.54, 1.807) is 30.3 Å². The molecule has 2 amide bonds. The molecule has 0 aromatic heterocycles. The second-order valence-electron chi connectivity index (χ2n) is 10.7. The van der Waals surface area contributed by atoms with Gasteiger partial charge in [-0.05, 0) is 66.8 Å². The first-order valence-electron chi connectivity index (χ1n) is 14.5. The Kier molecular flexibility index (Phi) is 10.7. The van der Waals surface area contributed by atoms with E-state index in [-0.39, 0.29) is 23.8 Å². The molecule has 4 aromatic rings. The third kappa shape index (κ3) is 8.32. The molecular formula is C35H39N3O4S. The van der Waals surface area contributed by atoms with Crippen LogP contribution in [0.25, 0.3) is 0 Å². The number of amides is 2. The monoisotopic (exact) mass is 597 g/mol. The zero-order chi connectivity index (χ0) is 30.8. The SMILES string of the molecule is CCCNC(=O)C(Cc1ccccc1)N(Cc1ccccc1)C(=O)CN(c1cc(C)cc(C)c1)S(=O)(=O)c1ccccc1. The minimum absolute atomic E-state index is 0.0816. The molecule has 0 aliphatic carbocycles. The van der Waals surface area contributed by atoms with Crippen LogP contribution in [-0.2, 0) is 32.6 Å². The molecule has 1 unspecified atom stereocenters. The lowest BCUT2D eigenvalue weighted by Gasteiger charge is -2.34. The largest absolute Gasteiger partial charge is 0.354 e. The molecule has 4 rings (SSSR count). The molecule has 0 spiro atoms. The summed E-state index contributed by atoms with van der Waals surface area (Å²) in [7, 11) is -4.12. The third-order valence-corrected chi connectivity index (χ3v) is 8.91. The molecule has 8 heteroatoms. The van der Waals surface area contributed by atoms with E-state index in [9.17, 15) is 18.0 Å². The molecule has 0 aliphatic heterocycles. The number of sulfonamides is 1. The van der Waals surface area contributed by atoms with Gasteiger partial charge < -0.3 is 10.2 Å². The van der Waals surface area contributed by atoms with Crippen molar-refractivity contribution in [2.75, 3.05) is 17.4 Å². The second kappa shape index (κ2) is 14.6. The van der Waals surface area contributed by atoms with Crippen molar-refractivity contribution >= 4 is 27.5 Å². The average molecular weight is 598 g/mol. The van der Waals surface area contributed by atoms with E-state index in [2.05, 4.69) is 5.32 Å². The normalized spacial score (nSPS) is 11.9. The molecule has 0 fully saturated rings. The van der Waals surface area contributed by atoms with Crippen LogP contribution in [0.15, 0.2) is 114 Å². The maximum Gasteiger partial charge on any atom is 0.264 e. The molecule has 7 nitrogen and oxygen atoms in total. The van der Waals surface area contributed by atoms with Crippen molar-refractivity contribution in [3.05, 3.63) is 131 Å². The number of nitrogens with one attached hydrogen (secondary N) is 1. The van der Waals surface area contributed by atoms with E-state index in [1.165, 1.54) is 17.0 Å². The molecule has 0 radical (unpaired) electrons. The standard InChI is InChI=1S/C35H39N3O4S/c1-4-20-36-35(40)33(24-29-14-8-5-9-15-29)37(25-30-16-10-6-11-17-30)34(39)26-38(31-22-27(2)21-28(3)23-31)43(41,42)32-18-12-7-13-19-32/h5-19,21-23,33H,4,20,24-26H2,1-3H3,(H,36,40). The number of benzene rings is 4. The van der Waals surface area contributed by atoms with Crippen LogP contribution in [0.3, 0.4) is 0 Å². The van der Waals surface area contributed by atoms with E-state index >= 15 is 0 Å². The van der Waals surface area contributed by atoms with E-state index < -0.39 is 28.5 Å². The van der Waals surface area contributed by atoms with Crippen molar-refractivity contribution in [3.63, 3.8) is 0 Å². The molecule has 224 valence electrons. The van der Waals surface area contributed by atoms with Crippen LogP contribution in [0.1, 0.15) is 35.6 Å². The Labute approximate surface area is 255 Å². The lowest BCUT2D eigenvalue weighted by molar-refractivity contribution is -0.140. The summed E-state index contributed by atoms with van der Waals surface area (Å²) in [6.45, 7) is 5.88. The van der Waals surface area contributed by atoms with Crippen molar-refractivity contribution in [1.29, 1.82) is 0 Å². The molecule has 1 N–H and O–H groups in total. The van der Waals surface area contributed by atoms with Crippen LogP contribution < -0.4 is 9.62 Å². The quantitative estimate of drug-likeness (QED) is 0.215. The third-order valence-electron chi connectivity index (χ3n) is 7.12. The molecule has 0 bridgehead atoms. The number of carbonyl (C=O) groups is 2. The van der Waals surface area contributed by atoms with Crippen LogP contribution in [0, 0.1) is 13.8 Å². The fraction of sp³-hybridized carbons (Fsp3) is 0.257. The van der Waals surface area contributed by atoms with Crippen LogP contribution in [0.5, 0.6) is 0 Å². The van der Waals surface area contributed by atoms with E-state index in [1.807, 2.05) is 87.5 Å². The highest BCUT2D eigenvalue weighted by Gasteiger charge is 2.34. The molecule has 0 saturated heterocycles. The number of aryl methyl sites for hydroxylation is 2. The second-order valence-corrected chi connectivity index (χ2v) is 12.5. The Morgan fingerprint density at radius 3 is 1.86 bits per heavy atom. The fourth-order valence-electron chi connectivity index (χ4n) is 5.04. The van der Waals surface area contributed by atoms with E-state index in [0.29, 0.717) is 12.2 Å². The lowest BCUT2D eigenvalue weighted by Crippen LogP contribution is -2.53. The minimum atomic E-state index is -4.12. The zero-order valence-electron chi connectivity index (χ0n) is 24.9. The highest BCUT2D eigenvalue weighted by atomic mass is 32.2. The molecule has 43 heavy (non-hydrogen) atoms. The predicted octanol–water partition coefficient (Wildman–Crippen LogP) is 5.67. The van der Waals surface area contributed by atoms with Crippen molar-refractivity contribution in [2.24, 2.45) is 0 Å². The van der Waals surface area contributed by atoms with Crippen LogP contribution in [-0.4, -0.2) is 44.3 Å². The first kappa shape index (κ1) is 31.5. The summed E-state index contributed by atoms with van der Waals surface area (Å²) in [5.41, 5.74) is 3.87. The van der Waals surface area contributed by atoms with Gasteiger partial charge >= 0.3 is 0 Å². The minimum Gasteiger partial charge on any atom is -0.354 e. The van der Waals surface area contributed by atoms with Gasteiger partial charge in [0.15, 0.2) is 0 Å². The molecular weight excluding hydrogens is 558 g/mol. The lowest BCUT2D eigenvalue weighted by atomic mass is 10.0. The van der Waals surface area contributed by atoms with Crippen molar-refractivity contribution in [2.45, 2.75) is 51.1 Å². The van der Waals surface area contributed by atoms with Crippen molar-refractivity contribution in [1.82, 2.24) is 10.2 Å². The molecule has 0 heterocycles. The summed E-state index contributed by atoms with van der Waals surface area (Å²) < 4.78 is 29.3. The zero-order valence-corrected chi connectivity index (χ0v) is 25.8. The van der Waals surface area contributed by atoms with Gasteiger partial charge in [-0.15, -0.1) is 0 Å². The Hall–Kier alpha value is -4.43. The number of carbonyl (C=O) groups excluding carboxylic acids is 2. The van der Waals surface area contributed by atoms with Crippen LogP contribution in [0.2, 0.25) is 0 Å². The number of anilines is 1. The molecule has 0 aliphatic rings. The van der Waals surface area contributed by atoms with Gasteiger partial charge in [-0.3, -0.25) is 13.9 Å². The van der Waals surface area contributed by atoms with Crippen LogP contribution >= 0.6 is 0 Å².